The molecule has 0 saturated heterocycles. The van der Waals surface area contributed by atoms with Crippen LogP contribution in [0.4, 0.5) is 0 Å². The second-order valence-corrected chi connectivity index (χ2v) is 5.97. The maximum absolute atomic E-state index is 5.74. The van der Waals surface area contributed by atoms with E-state index >= 15 is 0 Å². The quantitative estimate of drug-likeness (QED) is 0.917. The monoisotopic (exact) mass is 285 g/mol. The highest BCUT2D eigenvalue weighted by atomic mass is 16.5. The minimum Gasteiger partial charge on any atom is -0.339 e. The maximum atomic E-state index is 5.74. The average molecular weight is 285 g/mol. The van der Waals surface area contributed by atoms with Gasteiger partial charge in [-0.15, -0.1) is 0 Å². The number of aryl methyl sites for hydroxylation is 1. The van der Waals surface area contributed by atoms with E-state index in [2.05, 4.69) is 41.3 Å². The van der Waals surface area contributed by atoms with E-state index in [1.165, 1.54) is 11.1 Å². The fraction of sp³-hybridized carbons (Fsp3) is 0.529. The zero-order valence-electron chi connectivity index (χ0n) is 12.6. The Bertz CT molecular complexity index is 589. The first-order valence-electron chi connectivity index (χ1n) is 7.89. The molecule has 2 N–H and O–H groups in total. The number of benzene rings is 1. The third-order valence-corrected chi connectivity index (χ3v) is 4.57. The largest absolute Gasteiger partial charge is 0.339 e. The Morgan fingerprint density at radius 2 is 2.14 bits per heavy atom. The van der Waals surface area contributed by atoms with Gasteiger partial charge in [0.1, 0.15) is 0 Å². The third kappa shape index (κ3) is 3.16. The van der Waals surface area contributed by atoms with Crippen molar-refractivity contribution in [1.29, 1.82) is 0 Å². The summed E-state index contributed by atoms with van der Waals surface area (Å²) in [4.78, 5) is 4.61. The molecule has 0 saturated carbocycles. The Kier molecular flexibility index (Phi) is 4.34. The molecule has 3 rings (SSSR count). The molecule has 0 fully saturated rings. The number of nitrogens with two attached hydrogens (primary N) is 1. The molecule has 0 spiro atoms. The molecule has 2 unspecified atom stereocenters. The number of fused-ring (bicyclic) bond motifs is 1. The van der Waals surface area contributed by atoms with E-state index in [-0.39, 0.29) is 0 Å². The molecule has 1 aromatic carbocycles. The predicted molar refractivity (Wildman–Crippen MR) is 82.0 cm³/mol. The highest BCUT2D eigenvalue weighted by Crippen LogP contribution is 2.31. The lowest BCUT2D eigenvalue weighted by Crippen LogP contribution is -2.16. The van der Waals surface area contributed by atoms with Gasteiger partial charge in [0.15, 0.2) is 5.82 Å². The molecule has 4 nitrogen and oxygen atoms in total. The van der Waals surface area contributed by atoms with Gasteiger partial charge in [-0.3, -0.25) is 0 Å². The molecule has 21 heavy (non-hydrogen) atoms. The van der Waals surface area contributed by atoms with Crippen molar-refractivity contribution in [2.45, 2.75) is 44.9 Å². The van der Waals surface area contributed by atoms with Gasteiger partial charge in [-0.25, -0.2) is 0 Å². The van der Waals surface area contributed by atoms with Gasteiger partial charge >= 0.3 is 0 Å². The smallest absolute Gasteiger partial charge is 0.226 e. The normalized spacial score (nSPS) is 19.2. The van der Waals surface area contributed by atoms with E-state index in [4.69, 9.17) is 10.3 Å². The third-order valence-electron chi connectivity index (χ3n) is 4.57. The molecule has 1 aromatic heterocycles. The van der Waals surface area contributed by atoms with Crippen molar-refractivity contribution in [2.75, 3.05) is 6.54 Å². The number of aromatic nitrogens is 2. The van der Waals surface area contributed by atoms with Gasteiger partial charge in [0.05, 0.1) is 0 Å². The summed E-state index contributed by atoms with van der Waals surface area (Å²) in [6, 6.07) is 8.66. The first-order valence-corrected chi connectivity index (χ1v) is 7.89. The van der Waals surface area contributed by atoms with Gasteiger partial charge in [0.2, 0.25) is 5.89 Å². The van der Waals surface area contributed by atoms with Crippen molar-refractivity contribution < 1.29 is 4.52 Å². The Hall–Kier alpha value is -1.68. The average Bonchev–Trinajstić information content (AvgIpc) is 3.00. The van der Waals surface area contributed by atoms with E-state index in [0.717, 1.165) is 43.8 Å². The Morgan fingerprint density at radius 1 is 1.33 bits per heavy atom. The molecule has 1 aliphatic rings. The van der Waals surface area contributed by atoms with Crippen LogP contribution in [0.2, 0.25) is 0 Å². The molecule has 0 aliphatic heterocycles. The number of hydrogen-bond donors (Lipinski definition) is 1. The van der Waals surface area contributed by atoms with Gasteiger partial charge in [0, 0.05) is 12.3 Å². The van der Waals surface area contributed by atoms with Crippen LogP contribution in [0.1, 0.15) is 48.5 Å². The minimum absolute atomic E-state index is 0.385. The lowest BCUT2D eigenvalue weighted by Gasteiger charge is -2.21. The Balaban J connectivity index is 1.70. The summed E-state index contributed by atoms with van der Waals surface area (Å²) < 4.78 is 5.42. The fourth-order valence-corrected chi connectivity index (χ4v) is 3.08. The van der Waals surface area contributed by atoms with Crippen molar-refractivity contribution in [1.82, 2.24) is 10.1 Å². The molecule has 0 radical (unpaired) electrons. The number of hydrogen-bond acceptors (Lipinski definition) is 4. The van der Waals surface area contributed by atoms with Crippen LogP contribution in [0.3, 0.4) is 0 Å². The van der Waals surface area contributed by atoms with E-state index < -0.39 is 0 Å². The van der Waals surface area contributed by atoms with E-state index in [1.54, 1.807) is 0 Å². The molecule has 0 bridgehead atoms. The SMILES string of the molecule is CCC(CN)Cc1nc(C2CCc3ccccc3C2)no1. The summed E-state index contributed by atoms with van der Waals surface area (Å²) in [5.74, 6) is 2.42. The molecule has 2 atom stereocenters. The van der Waals surface area contributed by atoms with Crippen molar-refractivity contribution in [3.63, 3.8) is 0 Å². The first kappa shape index (κ1) is 14.3. The zero-order chi connectivity index (χ0) is 14.7. The molecule has 112 valence electrons. The molecule has 1 aliphatic carbocycles. The van der Waals surface area contributed by atoms with Gasteiger partial charge < -0.3 is 10.3 Å². The van der Waals surface area contributed by atoms with Gasteiger partial charge in [-0.05, 0) is 42.9 Å². The molecular formula is C17H23N3O. The van der Waals surface area contributed by atoms with Crippen LogP contribution in [-0.4, -0.2) is 16.7 Å². The van der Waals surface area contributed by atoms with Crippen LogP contribution in [0, 0.1) is 5.92 Å². The summed E-state index contributed by atoms with van der Waals surface area (Å²) >= 11 is 0. The molecular weight excluding hydrogens is 262 g/mol. The van der Waals surface area contributed by atoms with Crippen LogP contribution < -0.4 is 5.73 Å². The molecule has 4 heteroatoms. The summed E-state index contributed by atoms with van der Waals surface area (Å²) in [7, 11) is 0. The minimum atomic E-state index is 0.385. The van der Waals surface area contributed by atoms with Crippen LogP contribution in [0.25, 0.3) is 0 Å². The predicted octanol–water partition coefficient (Wildman–Crippen LogP) is 2.87. The summed E-state index contributed by atoms with van der Waals surface area (Å²) in [5.41, 5.74) is 8.63. The van der Waals surface area contributed by atoms with Crippen molar-refractivity contribution in [3.8, 4) is 0 Å². The van der Waals surface area contributed by atoms with Crippen LogP contribution in [-0.2, 0) is 19.3 Å². The summed E-state index contributed by atoms with van der Waals surface area (Å²) in [5, 5.41) is 4.21. The van der Waals surface area contributed by atoms with Crippen molar-refractivity contribution >= 4 is 0 Å². The number of rotatable bonds is 5. The highest BCUT2D eigenvalue weighted by Gasteiger charge is 2.24. The maximum Gasteiger partial charge on any atom is 0.226 e. The van der Waals surface area contributed by atoms with Crippen LogP contribution in [0.5, 0.6) is 0 Å². The van der Waals surface area contributed by atoms with E-state index in [1.807, 2.05) is 0 Å². The van der Waals surface area contributed by atoms with E-state index in [0.29, 0.717) is 18.4 Å². The van der Waals surface area contributed by atoms with Crippen LogP contribution in [0.15, 0.2) is 28.8 Å². The summed E-state index contributed by atoms with van der Waals surface area (Å²) in [6.07, 6.45) is 5.06. The zero-order valence-corrected chi connectivity index (χ0v) is 12.6. The molecule has 1 heterocycles. The molecule has 2 aromatic rings. The lowest BCUT2D eigenvalue weighted by atomic mass is 9.83. The second kappa shape index (κ2) is 6.39. The molecule has 0 amide bonds. The highest BCUT2D eigenvalue weighted by molar-refractivity contribution is 5.31. The Labute approximate surface area is 125 Å². The Morgan fingerprint density at radius 3 is 2.90 bits per heavy atom. The summed E-state index contributed by atoms with van der Waals surface area (Å²) in [6.45, 7) is 2.82. The van der Waals surface area contributed by atoms with Crippen molar-refractivity contribution in [3.05, 3.63) is 47.1 Å². The van der Waals surface area contributed by atoms with Gasteiger partial charge in [-0.2, -0.15) is 4.98 Å². The topological polar surface area (TPSA) is 64.9 Å². The van der Waals surface area contributed by atoms with Gasteiger partial charge in [-0.1, -0.05) is 42.8 Å². The standard InChI is InChI=1S/C17H23N3O/c1-2-12(11-18)9-16-19-17(20-21-16)15-8-7-13-5-3-4-6-14(13)10-15/h3-6,12,15H,2,7-11,18H2,1H3. The first-order chi connectivity index (χ1) is 10.3. The van der Waals surface area contributed by atoms with Crippen LogP contribution >= 0.6 is 0 Å². The second-order valence-electron chi connectivity index (χ2n) is 5.97. The fourth-order valence-electron chi connectivity index (χ4n) is 3.08. The number of nitrogens with zero attached hydrogens (tertiary/aromatic N) is 2. The lowest BCUT2D eigenvalue weighted by molar-refractivity contribution is 0.343. The van der Waals surface area contributed by atoms with E-state index in [9.17, 15) is 0 Å². The van der Waals surface area contributed by atoms with Crippen molar-refractivity contribution in [2.24, 2.45) is 11.7 Å². The van der Waals surface area contributed by atoms with Gasteiger partial charge in [0.25, 0.3) is 0 Å².